The van der Waals surface area contributed by atoms with Gasteiger partial charge in [-0.05, 0) is 75.4 Å². The van der Waals surface area contributed by atoms with Gasteiger partial charge in [-0.1, -0.05) is 37.6 Å². The van der Waals surface area contributed by atoms with Gasteiger partial charge in [0, 0.05) is 56.7 Å². The van der Waals surface area contributed by atoms with Crippen molar-refractivity contribution < 1.29 is 4.79 Å². The van der Waals surface area contributed by atoms with Gasteiger partial charge in [0.05, 0.1) is 11.2 Å². The van der Waals surface area contributed by atoms with Crippen LogP contribution >= 0.6 is 0 Å². The van der Waals surface area contributed by atoms with Gasteiger partial charge in [-0.2, -0.15) is 5.10 Å². The molecule has 3 aromatic rings. The van der Waals surface area contributed by atoms with E-state index in [1.807, 2.05) is 15.6 Å². The fourth-order valence-corrected chi connectivity index (χ4v) is 5.76. The molecular weight excluding hydrogens is 460 g/mol. The first-order valence-corrected chi connectivity index (χ1v) is 14.1. The Hall–Kier alpha value is -3.06. The van der Waals surface area contributed by atoms with Crippen molar-refractivity contribution in [1.29, 1.82) is 0 Å². The van der Waals surface area contributed by atoms with Gasteiger partial charge in [0.1, 0.15) is 0 Å². The molecule has 2 aliphatic rings. The van der Waals surface area contributed by atoms with Gasteiger partial charge >= 0.3 is 6.03 Å². The van der Waals surface area contributed by atoms with E-state index in [4.69, 9.17) is 0 Å². The minimum Gasteiger partial charge on any atom is -0.366 e. The minimum atomic E-state index is 0.0619. The molecule has 0 unspecified atom stereocenters. The number of benzene rings is 1. The predicted octanol–water partition coefficient (Wildman–Crippen LogP) is 5.22. The number of aromatic nitrogens is 2. The van der Waals surface area contributed by atoms with Crippen LogP contribution in [-0.4, -0.2) is 77.3 Å². The molecule has 2 aromatic heterocycles. The van der Waals surface area contributed by atoms with E-state index in [1.54, 1.807) is 0 Å². The molecule has 0 spiro atoms. The first kappa shape index (κ1) is 25.6. The fraction of sp³-hybridized carbons (Fsp3) is 0.533. The minimum absolute atomic E-state index is 0.0619. The van der Waals surface area contributed by atoms with Crippen molar-refractivity contribution in [1.82, 2.24) is 24.7 Å². The van der Waals surface area contributed by atoms with Crippen LogP contribution in [0.1, 0.15) is 57.9 Å². The fourth-order valence-electron chi connectivity index (χ4n) is 5.76. The summed E-state index contributed by atoms with van der Waals surface area (Å²) in [6.45, 7) is 13.0. The third-order valence-corrected chi connectivity index (χ3v) is 8.18. The number of amides is 2. The monoisotopic (exact) mass is 502 g/mol. The van der Waals surface area contributed by atoms with Crippen molar-refractivity contribution in [2.45, 2.75) is 58.4 Å². The largest absolute Gasteiger partial charge is 0.366 e. The molecule has 0 bridgehead atoms. The molecule has 5 rings (SSSR count). The standard InChI is InChI=1S/C30H42N6O/c1-4-5-13-31-30(37)35-19-17-34(18-20-35)28-10-14-32-36-22-27(21-29(28)36)25-8-6-24(7-9-25)26-11-15-33(16-12-26)23(2)3/h6-10,14,21-23,26H,4-5,11-13,15-20H2,1-3H3,(H,31,37). The maximum Gasteiger partial charge on any atom is 0.317 e. The van der Waals surface area contributed by atoms with Crippen LogP contribution in [-0.2, 0) is 0 Å². The smallest absolute Gasteiger partial charge is 0.317 e. The number of hydrogen-bond donors (Lipinski definition) is 1. The highest BCUT2D eigenvalue weighted by Crippen LogP contribution is 2.32. The third-order valence-electron chi connectivity index (χ3n) is 8.18. The van der Waals surface area contributed by atoms with E-state index < -0.39 is 0 Å². The number of piperazine rings is 1. The number of unbranched alkanes of at least 4 members (excludes halogenated alkanes) is 1. The van der Waals surface area contributed by atoms with Crippen LogP contribution in [0.15, 0.2) is 48.8 Å². The summed E-state index contributed by atoms with van der Waals surface area (Å²) in [5.41, 5.74) is 6.18. The van der Waals surface area contributed by atoms with Crippen molar-refractivity contribution in [3.05, 3.63) is 54.4 Å². The third kappa shape index (κ3) is 5.77. The Morgan fingerprint density at radius 2 is 1.73 bits per heavy atom. The van der Waals surface area contributed by atoms with Crippen LogP contribution in [0.2, 0.25) is 0 Å². The van der Waals surface area contributed by atoms with Gasteiger partial charge in [0.25, 0.3) is 0 Å². The van der Waals surface area contributed by atoms with E-state index >= 15 is 0 Å². The zero-order valence-electron chi connectivity index (χ0n) is 22.7. The van der Waals surface area contributed by atoms with Crippen molar-refractivity contribution in [2.24, 2.45) is 0 Å². The SMILES string of the molecule is CCCCNC(=O)N1CCN(c2ccnn3cc(-c4ccc(C5CCN(C(C)C)CC5)cc4)cc23)CC1. The quantitative estimate of drug-likeness (QED) is 0.450. The van der Waals surface area contributed by atoms with Crippen molar-refractivity contribution in [2.75, 3.05) is 50.7 Å². The lowest BCUT2D eigenvalue weighted by atomic mass is 9.88. The maximum atomic E-state index is 12.4. The van der Waals surface area contributed by atoms with Crippen molar-refractivity contribution >= 4 is 17.2 Å². The highest BCUT2D eigenvalue weighted by Gasteiger charge is 2.24. The first-order valence-electron chi connectivity index (χ1n) is 14.1. The Balaban J connectivity index is 1.25. The molecule has 7 heteroatoms. The Kier molecular flexibility index (Phi) is 7.99. The van der Waals surface area contributed by atoms with Crippen LogP contribution in [0.5, 0.6) is 0 Å². The number of likely N-dealkylation sites (tertiary alicyclic amines) is 1. The van der Waals surface area contributed by atoms with Crippen LogP contribution in [0.3, 0.4) is 0 Å². The van der Waals surface area contributed by atoms with Crippen molar-refractivity contribution in [3.8, 4) is 11.1 Å². The summed E-state index contributed by atoms with van der Waals surface area (Å²) in [6, 6.07) is 14.3. The van der Waals surface area contributed by atoms with Crippen LogP contribution in [0.4, 0.5) is 10.5 Å². The number of anilines is 1. The molecular formula is C30H42N6O. The molecule has 2 aliphatic heterocycles. The number of nitrogens with zero attached hydrogens (tertiary/aromatic N) is 5. The summed E-state index contributed by atoms with van der Waals surface area (Å²) in [6.07, 6.45) is 8.61. The van der Waals surface area contributed by atoms with Gasteiger partial charge in [-0.3, -0.25) is 0 Å². The molecule has 37 heavy (non-hydrogen) atoms. The van der Waals surface area contributed by atoms with E-state index in [9.17, 15) is 4.79 Å². The summed E-state index contributed by atoms with van der Waals surface area (Å²) in [5.74, 6) is 0.665. The highest BCUT2D eigenvalue weighted by atomic mass is 16.2. The summed E-state index contributed by atoms with van der Waals surface area (Å²) < 4.78 is 1.99. The number of carbonyl (C=O) groups is 1. The zero-order valence-corrected chi connectivity index (χ0v) is 22.7. The molecule has 4 heterocycles. The van der Waals surface area contributed by atoms with E-state index in [-0.39, 0.29) is 6.03 Å². The molecule has 0 saturated carbocycles. The number of carbonyl (C=O) groups excluding carboxylic acids is 1. The maximum absolute atomic E-state index is 12.4. The molecule has 7 nitrogen and oxygen atoms in total. The van der Waals surface area contributed by atoms with E-state index in [1.165, 1.54) is 48.3 Å². The lowest BCUT2D eigenvalue weighted by molar-refractivity contribution is 0.172. The van der Waals surface area contributed by atoms with Crippen LogP contribution in [0.25, 0.3) is 16.6 Å². The molecule has 198 valence electrons. The first-order chi connectivity index (χ1) is 18.0. The molecule has 1 N–H and O–H groups in total. The van der Waals surface area contributed by atoms with Gasteiger partial charge in [-0.25, -0.2) is 9.31 Å². The van der Waals surface area contributed by atoms with Crippen LogP contribution < -0.4 is 10.2 Å². The molecule has 1 aromatic carbocycles. The normalized spacial score (nSPS) is 17.6. The Morgan fingerprint density at radius 3 is 2.41 bits per heavy atom. The van der Waals surface area contributed by atoms with Gasteiger partial charge in [0.15, 0.2) is 0 Å². The van der Waals surface area contributed by atoms with E-state index in [0.29, 0.717) is 12.0 Å². The number of fused-ring (bicyclic) bond motifs is 1. The Morgan fingerprint density at radius 1 is 1.00 bits per heavy atom. The summed E-state index contributed by atoms with van der Waals surface area (Å²) in [5, 5.41) is 7.63. The number of hydrogen-bond acceptors (Lipinski definition) is 4. The van der Waals surface area contributed by atoms with Gasteiger partial charge < -0.3 is 20.0 Å². The lowest BCUT2D eigenvalue weighted by Crippen LogP contribution is -2.52. The molecule has 0 radical (unpaired) electrons. The second kappa shape index (κ2) is 11.5. The number of rotatable bonds is 7. The highest BCUT2D eigenvalue weighted by molar-refractivity contribution is 5.80. The van der Waals surface area contributed by atoms with Gasteiger partial charge in [0.2, 0.25) is 0 Å². The lowest BCUT2D eigenvalue weighted by Gasteiger charge is -2.36. The number of piperidine rings is 1. The summed E-state index contributed by atoms with van der Waals surface area (Å²) in [4.78, 5) is 19.3. The number of nitrogens with one attached hydrogen (secondary N) is 1. The average molecular weight is 503 g/mol. The van der Waals surface area contributed by atoms with Gasteiger partial charge in [-0.15, -0.1) is 0 Å². The zero-order chi connectivity index (χ0) is 25.8. The van der Waals surface area contributed by atoms with Crippen molar-refractivity contribution in [3.63, 3.8) is 0 Å². The summed E-state index contributed by atoms with van der Waals surface area (Å²) in [7, 11) is 0. The van der Waals surface area contributed by atoms with E-state index in [2.05, 4.69) is 83.6 Å². The molecule has 2 saturated heterocycles. The Labute approximate surface area is 221 Å². The topological polar surface area (TPSA) is 56.1 Å². The summed E-state index contributed by atoms with van der Waals surface area (Å²) >= 11 is 0. The molecule has 0 aliphatic carbocycles. The van der Waals surface area contributed by atoms with Crippen LogP contribution in [0, 0.1) is 0 Å². The number of urea groups is 1. The Bertz CT molecular complexity index is 1170. The molecule has 2 amide bonds. The molecule has 0 atom stereocenters. The average Bonchev–Trinajstić information content (AvgIpc) is 3.38. The second-order valence-electron chi connectivity index (χ2n) is 10.9. The molecule has 2 fully saturated rings. The second-order valence-corrected chi connectivity index (χ2v) is 10.9. The predicted molar refractivity (Wildman–Crippen MR) is 151 cm³/mol. The van der Waals surface area contributed by atoms with E-state index in [0.717, 1.165) is 51.1 Å².